The van der Waals surface area contributed by atoms with Gasteiger partial charge in [-0.1, -0.05) is 43.4 Å². The smallest absolute Gasteiger partial charge is 0.251 e. The molecular weight excluding hydrogens is 562 g/mol. The summed E-state index contributed by atoms with van der Waals surface area (Å²) >= 11 is 1.55. The van der Waals surface area contributed by atoms with E-state index in [0.717, 1.165) is 28.3 Å². The van der Waals surface area contributed by atoms with Crippen molar-refractivity contribution in [2.45, 2.75) is 56.2 Å². The predicted octanol–water partition coefficient (Wildman–Crippen LogP) is 4.28. The van der Waals surface area contributed by atoms with E-state index in [1.165, 1.54) is 0 Å². The molecule has 2 aromatic rings. The fourth-order valence-electron chi connectivity index (χ4n) is 7.23. The summed E-state index contributed by atoms with van der Waals surface area (Å²) in [7, 11) is 0. The molecule has 1 N–H and O–H groups in total. The van der Waals surface area contributed by atoms with E-state index >= 15 is 0 Å². The summed E-state index contributed by atoms with van der Waals surface area (Å²) < 4.78 is 4.65. The predicted molar refractivity (Wildman–Crippen MR) is 169 cm³/mol. The van der Waals surface area contributed by atoms with Crippen LogP contribution >= 0.6 is 11.8 Å². The molecule has 9 heteroatoms. The first kappa shape index (κ1) is 29.5. The first-order valence-corrected chi connectivity index (χ1v) is 16.0. The minimum Gasteiger partial charge on any atom is -0.494 e. The van der Waals surface area contributed by atoms with Gasteiger partial charge >= 0.3 is 0 Å². The summed E-state index contributed by atoms with van der Waals surface area (Å²) in [6.07, 6.45) is 8.54. The molecule has 1 unspecified atom stereocenters. The van der Waals surface area contributed by atoms with Gasteiger partial charge in [0, 0.05) is 29.7 Å². The van der Waals surface area contributed by atoms with Gasteiger partial charge in [0.1, 0.15) is 11.8 Å². The first-order chi connectivity index (χ1) is 20.7. The highest BCUT2D eigenvalue weighted by molar-refractivity contribution is 8.02. The molecule has 43 heavy (non-hydrogen) atoms. The molecule has 4 aliphatic heterocycles. The second-order valence-corrected chi connectivity index (χ2v) is 13.3. The number of aliphatic hydroxyl groups is 1. The Labute approximate surface area is 257 Å². The number of ether oxygens (including phenoxy) is 1. The lowest BCUT2D eigenvalue weighted by atomic mass is 9.78. The molecule has 6 rings (SSSR count). The maximum Gasteiger partial charge on any atom is 0.251 e. The number of aryl methyl sites for hydroxylation is 2. The number of benzene rings is 2. The Bertz CT molecular complexity index is 1490. The van der Waals surface area contributed by atoms with Crippen LogP contribution in [0.5, 0.6) is 5.75 Å². The van der Waals surface area contributed by atoms with E-state index in [0.29, 0.717) is 26.1 Å². The fourth-order valence-corrected chi connectivity index (χ4v) is 9.22. The number of thioether (sulfide) groups is 1. The molecule has 6 atom stereocenters. The summed E-state index contributed by atoms with van der Waals surface area (Å²) in [4.78, 5) is 48.9. The van der Waals surface area contributed by atoms with Gasteiger partial charge in [0.15, 0.2) is 0 Å². The molecule has 0 aliphatic carbocycles. The molecule has 1 spiro atoms. The van der Waals surface area contributed by atoms with Crippen molar-refractivity contribution in [1.29, 1.82) is 0 Å². The van der Waals surface area contributed by atoms with Gasteiger partial charge in [-0.2, -0.15) is 0 Å². The van der Waals surface area contributed by atoms with Crippen LogP contribution < -0.4 is 14.5 Å². The summed E-state index contributed by atoms with van der Waals surface area (Å²) in [6.45, 7) is 8.87. The lowest BCUT2D eigenvalue weighted by Crippen LogP contribution is -2.56. The third-order valence-electron chi connectivity index (χ3n) is 9.29. The lowest BCUT2D eigenvalue weighted by Gasteiger charge is -2.38. The molecule has 2 aromatic carbocycles. The van der Waals surface area contributed by atoms with Crippen molar-refractivity contribution >= 4 is 40.9 Å². The Morgan fingerprint density at radius 3 is 2.42 bits per heavy atom. The number of anilines is 2. The standard InChI is InChI=1S/C34H39N3O5S/c1-5-23(20-38)37-30-33(41)36(26-19-21(3)10-11-22(26)4)18-8-16-34(30)29(32(37)40)28-27(43-34)9-7-17-35(31(28)39)24-12-14-25(15-13-24)42-6-2/h7-16,19,23,27-30,38H,5-6,17-18,20H2,1-4H3/t23-,27+,28-,29-,30?,34-/m0/s1. The number of rotatable bonds is 7. The average Bonchev–Trinajstić information content (AvgIpc) is 3.31. The number of carbonyl (C=O) groups is 3. The molecule has 2 fully saturated rings. The highest BCUT2D eigenvalue weighted by Gasteiger charge is 2.71. The van der Waals surface area contributed by atoms with Gasteiger partial charge in [0.25, 0.3) is 5.91 Å². The minimum absolute atomic E-state index is 0.129. The summed E-state index contributed by atoms with van der Waals surface area (Å²) in [5.74, 6) is -1.21. The van der Waals surface area contributed by atoms with E-state index in [2.05, 4.69) is 0 Å². The van der Waals surface area contributed by atoms with Crippen molar-refractivity contribution in [2.24, 2.45) is 11.8 Å². The third kappa shape index (κ3) is 4.68. The number of hydrogen-bond donors (Lipinski definition) is 1. The largest absolute Gasteiger partial charge is 0.494 e. The molecule has 0 saturated carbocycles. The van der Waals surface area contributed by atoms with Gasteiger partial charge in [-0.15, -0.1) is 11.8 Å². The number of aliphatic hydroxyl groups excluding tert-OH is 1. The first-order valence-electron chi connectivity index (χ1n) is 15.1. The van der Waals surface area contributed by atoms with Crippen molar-refractivity contribution in [3.8, 4) is 5.75 Å². The van der Waals surface area contributed by atoms with Crippen LogP contribution in [0.3, 0.4) is 0 Å². The highest BCUT2D eigenvalue weighted by Crippen LogP contribution is 2.61. The average molecular weight is 602 g/mol. The van der Waals surface area contributed by atoms with Crippen molar-refractivity contribution in [1.82, 2.24) is 4.90 Å². The van der Waals surface area contributed by atoms with Crippen LogP contribution in [0.25, 0.3) is 0 Å². The van der Waals surface area contributed by atoms with Crippen LogP contribution in [0.4, 0.5) is 11.4 Å². The van der Waals surface area contributed by atoms with Crippen molar-refractivity contribution in [3.05, 3.63) is 77.9 Å². The molecule has 3 amide bonds. The van der Waals surface area contributed by atoms with E-state index in [4.69, 9.17) is 4.74 Å². The van der Waals surface area contributed by atoms with Crippen LogP contribution in [-0.4, -0.2) is 76.1 Å². The number of nitrogens with zero attached hydrogens (tertiary/aromatic N) is 3. The monoisotopic (exact) mass is 601 g/mol. The zero-order valence-corrected chi connectivity index (χ0v) is 25.9. The molecule has 4 heterocycles. The van der Waals surface area contributed by atoms with Gasteiger partial charge in [0.2, 0.25) is 11.8 Å². The molecular formula is C34H39N3O5S. The Kier molecular flexibility index (Phi) is 7.89. The minimum atomic E-state index is -0.944. The summed E-state index contributed by atoms with van der Waals surface area (Å²) in [6, 6.07) is 12.1. The Hall–Kier alpha value is -3.56. The zero-order chi connectivity index (χ0) is 30.5. The number of amides is 3. The Morgan fingerprint density at radius 2 is 1.72 bits per heavy atom. The highest BCUT2D eigenvalue weighted by atomic mass is 32.2. The van der Waals surface area contributed by atoms with Crippen LogP contribution in [0.2, 0.25) is 0 Å². The maximum absolute atomic E-state index is 14.7. The van der Waals surface area contributed by atoms with E-state index in [1.807, 2.05) is 94.5 Å². The van der Waals surface area contributed by atoms with Gasteiger partial charge in [-0.25, -0.2) is 0 Å². The van der Waals surface area contributed by atoms with Crippen LogP contribution in [0.15, 0.2) is 66.8 Å². The van der Waals surface area contributed by atoms with Crippen molar-refractivity contribution in [2.75, 3.05) is 36.1 Å². The maximum atomic E-state index is 14.7. The fraction of sp³-hybridized carbons (Fsp3) is 0.441. The number of fused-ring (bicyclic) bond motifs is 2. The molecule has 8 nitrogen and oxygen atoms in total. The van der Waals surface area contributed by atoms with E-state index in [9.17, 15) is 19.5 Å². The van der Waals surface area contributed by atoms with Gasteiger partial charge < -0.3 is 24.5 Å². The summed E-state index contributed by atoms with van der Waals surface area (Å²) in [5, 5.41) is 10.1. The number of likely N-dealkylation sites (tertiary alicyclic amines) is 1. The van der Waals surface area contributed by atoms with Gasteiger partial charge in [0.05, 0.1) is 35.8 Å². The van der Waals surface area contributed by atoms with E-state index in [1.54, 1.807) is 26.5 Å². The van der Waals surface area contributed by atoms with Gasteiger partial charge in [-0.3, -0.25) is 14.4 Å². The molecule has 0 aromatic heterocycles. The van der Waals surface area contributed by atoms with E-state index in [-0.39, 0.29) is 29.6 Å². The molecule has 226 valence electrons. The number of hydrogen-bond acceptors (Lipinski definition) is 6. The third-order valence-corrected chi connectivity index (χ3v) is 11.0. The summed E-state index contributed by atoms with van der Waals surface area (Å²) in [5.41, 5.74) is 3.56. The van der Waals surface area contributed by atoms with Crippen LogP contribution in [0.1, 0.15) is 31.4 Å². The SMILES string of the molecule is CCOc1ccc(N2CC=C[C@H]3S[C@]45C=CCN(c6cc(C)ccc6C)C(=O)C4N([C@@H](CC)CO)C(=O)[C@@H]5[C@H]3C2=O)cc1. The lowest BCUT2D eigenvalue weighted by molar-refractivity contribution is -0.141. The van der Waals surface area contributed by atoms with Crippen molar-refractivity contribution < 1.29 is 24.2 Å². The number of carbonyl (C=O) groups excluding carboxylic acids is 3. The van der Waals surface area contributed by atoms with Gasteiger partial charge in [-0.05, 0) is 68.7 Å². The molecule has 2 saturated heterocycles. The quantitative estimate of drug-likeness (QED) is 0.477. The topological polar surface area (TPSA) is 90.4 Å². The molecule has 4 aliphatic rings. The molecule has 0 radical (unpaired) electrons. The molecule has 0 bridgehead atoms. The van der Waals surface area contributed by atoms with Crippen molar-refractivity contribution in [3.63, 3.8) is 0 Å². The zero-order valence-electron chi connectivity index (χ0n) is 25.1. The van der Waals surface area contributed by atoms with Crippen LogP contribution in [-0.2, 0) is 14.4 Å². The van der Waals surface area contributed by atoms with Crippen LogP contribution in [0, 0.1) is 25.7 Å². The normalized spacial score (nSPS) is 28.9. The second-order valence-electron chi connectivity index (χ2n) is 11.8. The van der Waals surface area contributed by atoms with E-state index < -0.39 is 28.7 Å². The second kappa shape index (κ2) is 11.5. The Balaban J connectivity index is 1.44. The Morgan fingerprint density at radius 1 is 0.977 bits per heavy atom.